The summed E-state index contributed by atoms with van der Waals surface area (Å²) in [6.45, 7) is 6.21. The van der Waals surface area contributed by atoms with Crippen LogP contribution in [0.1, 0.15) is 36.2 Å². The van der Waals surface area contributed by atoms with E-state index in [1.54, 1.807) is 0 Å². The van der Waals surface area contributed by atoms with Crippen molar-refractivity contribution >= 4 is 19.7 Å². The Morgan fingerprint density at radius 1 is 1.32 bits per heavy atom. The lowest BCUT2D eigenvalue weighted by molar-refractivity contribution is 0.0947. The molecule has 3 unspecified atom stereocenters. The zero-order valence-corrected chi connectivity index (χ0v) is 12.8. The first-order chi connectivity index (χ1) is 9.17. The van der Waals surface area contributed by atoms with Gasteiger partial charge in [-0.1, -0.05) is 63.6 Å². The summed E-state index contributed by atoms with van der Waals surface area (Å²) in [6, 6.07) is 6.21. The molecule has 0 amide bonds. The van der Waals surface area contributed by atoms with Gasteiger partial charge in [0.1, 0.15) is 0 Å². The van der Waals surface area contributed by atoms with E-state index in [9.17, 15) is 4.79 Å². The summed E-state index contributed by atoms with van der Waals surface area (Å²) in [5.41, 5.74) is 2.49. The summed E-state index contributed by atoms with van der Waals surface area (Å²) in [5.74, 6) is 0.291. The monoisotopic (exact) mass is 272 g/mol. The summed E-state index contributed by atoms with van der Waals surface area (Å²) in [5, 5.41) is 1.23. The number of aryl methyl sites for hydroxylation is 1. The Morgan fingerprint density at radius 2 is 2.11 bits per heavy atom. The second-order valence-corrected chi connectivity index (χ2v) is 6.47. The number of hydrogen-bond donors (Lipinski definition) is 0. The maximum Gasteiger partial charge on any atom is 0.171 e. The van der Waals surface area contributed by atoms with Gasteiger partial charge >= 0.3 is 0 Å². The van der Waals surface area contributed by atoms with Gasteiger partial charge in [0.2, 0.25) is 0 Å². The predicted octanol–water partition coefficient (Wildman–Crippen LogP) is 4.02. The minimum Gasteiger partial charge on any atom is -0.293 e. The Labute approximate surface area is 117 Å². The lowest BCUT2D eigenvalue weighted by Gasteiger charge is -2.28. The van der Waals surface area contributed by atoms with Crippen molar-refractivity contribution in [2.45, 2.75) is 32.9 Å². The van der Waals surface area contributed by atoms with Crippen LogP contribution in [-0.4, -0.2) is 11.4 Å². The summed E-state index contributed by atoms with van der Waals surface area (Å²) < 4.78 is 0. The molecule has 1 aromatic rings. The number of ketones is 1. The molecule has 0 N–H and O–H groups in total. The van der Waals surface area contributed by atoms with Crippen molar-refractivity contribution in [3.63, 3.8) is 0 Å². The minimum absolute atomic E-state index is 0.0151. The molecule has 0 aromatic heterocycles. The van der Waals surface area contributed by atoms with Crippen molar-refractivity contribution in [3.8, 4) is 0 Å². The van der Waals surface area contributed by atoms with Crippen molar-refractivity contribution in [1.82, 2.24) is 0 Å². The summed E-state index contributed by atoms with van der Waals surface area (Å²) in [7, 11) is 0.687. The Bertz CT molecular complexity index is 528. The molecule has 0 bridgehead atoms. The third-order valence-electron chi connectivity index (χ3n) is 3.43. The fourth-order valence-electron chi connectivity index (χ4n) is 2.47. The van der Waals surface area contributed by atoms with Crippen LogP contribution in [0, 0.1) is 12.8 Å². The molecule has 0 spiro atoms. The quantitative estimate of drug-likeness (QED) is 0.600. The Morgan fingerprint density at radius 3 is 2.79 bits per heavy atom. The molecule has 1 aromatic carbocycles. The molecular formula is C17H21OP. The normalized spacial score (nSPS) is 24.5. The molecular weight excluding hydrogens is 251 g/mol. The molecule has 1 heterocycles. The van der Waals surface area contributed by atoms with Crippen molar-refractivity contribution in [2.75, 3.05) is 0 Å². The number of hydrogen-bond acceptors (Lipinski definition) is 1. The highest BCUT2D eigenvalue weighted by atomic mass is 31.1. The molecule has 100 valence electrons. The van der Waals surface area contributed by atoms with E-state index >= 15 is 0 Å². The van der Waals surface area contributed by atoms with E-state index in [1.807, 2.05) is 25.1 Å². The first kappa shape index (κ1) is 14.2. The van der Waals surface area contributed by atoms with E-state index in [0.717, 1.165) is 12.0 Å². The lowest BCUT2D eigenvalue weighted by atomic mass is 9.92. The fourth-order valence-corrected chi connectivity index (χ4v) is 4.18. The van der Waals surface area contributed by atoms with Gasteiger partial charge in [0.05, 0.1) is 5.92 Å². The second-order valence-electron chi connectivity index (χ2n) is 4.97. The summed E-state index contributed by atoms with van der Waals surface area (Å²) in [4.78, 5) is 12.6. The molecule has 0 fully saturated rings. The molecule has 3 atom stereocenters. The number of Topliss-reactive ketones (excluding diaryl/α,β-unsaturated/α-hetero) is 1. The van der Waals surface area contributed by atoms with Gasteiger partial charge < -0.3 is 0 Å². The third-order valence-corrected chi connectivity index (χ3v) is 5.04. The lowest BCUT2D eigenvalue weighted by Crippen LogP contribution is -2.32. The van der Waals surface area contributed by atoms with E-state index in [2.05, 4.69) is 38.1 Å². The number of carbonyl (C=O) groups excluding carboxylic acids is 1. The van der Waals surface area contributed by atoms with Crippen molar-refractivity contribution in [3.05, 3.63) is 53.6 Å². The van der Waals surface area contributed by atoms with Crippen LogP contribution in [0.5, 0.6) is 0 Å². The van der Waals surface area contributed by atoms with Gasteiger partial charge in [-0.3, -0.25) is 4.79 Å². The molecule has 0 radical (unpaired) electrons. The van der Waals surface area contributed by atoms with E-state index < -0.39 is 0 Å². The highest BCUT2D eigenvalue weighted by Gasteiger charge is 2.32. The molecule has 0 aliphatic carbocycles. The number of rotatable bonds is 3. The molecule has 2 rings (SSSR count). The van der Waals surface area contributed by atoms with Crippen LogP contribution in [-0.2, 0) is 0 Å². The second kappa shape index (κ2) is 6.30. The van der Waals surface area contributed by atoms with Gasteiger partial charge in [0, 0.05) is 11.2 Å². The first-order valence-corrected chi connectivity index (χ1v) is 7.96. The standard InChI is InChI=1S/C17H21OP/c1-4-6-8-15-13(7-5-2)17(18)14-10-9-12(3)11-16(14)19-15/h5-11,13,15,19H,4H2,1-3H3/b7-5-,8-6-. The number of fused-ring (bicyclic) bond motifs is 1. The number of carbonyl (C=O) groups is 1. The zero-order valence-electron chi connectivity index (χ0n) is 11.8. The van der Waals surface area contributed by atoms with Crippen LogP contribution in [0.15, 0.2) is 42.5 Å². The van der Waals surface area contributed by atoms with E-state index in [1.165, 1.54) is 10.9 Å². The Hall–Kier alpha value is -1.20. The van der Waals surface area contributed by atoms with Gasteiger partial charge in [-0.2, -0.15) is 0 Å². The first-order valence-electron chi connectivity index (χ1n) is 6.88. The average molecular weight is 272 g/mol. The summed E-state index contributed by atoms with van der Waals surface area (Å²) in [6.07, 6.45) is 9.49. The van der Waals surface area contributed by atoms with Crippen LogP contribution in [0.4, 0.5) is 0 Å². The van der Waals surface area contributed by atoms with Crippen LogP contribution in [0.3, 0.4) is 0 Å². The minimum atomic E-state index is 0.0151. The van der Waals surface area contributed by atoms with Gasteiger partial charge in [-0.25, -0.2) is 0 Å². The van der Waals surface area contributed by atoms with Crippen LogP contribution < -0.4 is 5.30 Å². The van der Waals surface area contributed by atoms with E-state index in [0.29, 0.717) is 14.2 Å². The molecule has 0 saturated carbocycles. The van der Waals surface area contributed by atoms with Crippen molar-refractivity contribution in [2.24, 2.45) is 5.92 Å². The number of benzene rings is 1. The fraction of sp³-hybridized carbons (Fsp3) is 0.353. The Balaban J connectivity index is 2.42. The molecule has 1 nitrogen and oxygen atoms in total. The van der Waals surface area contributed by atoms with E-state index in [-0.39, 0.29) is 11.7 Å². The Kier molecular flexibility index (Phi) is 4.71. The third kappa shape index (κ3) is 3.04. The van der Waals surface area contributed by atoms with Gasteiger partial charge in [-0.05, 0) is 25.6 Å². The largest absolute Gasteiger partial charge is 0.293 e. The van der Waals surface area contributed by atoms with Gasteiger partial charge in [0.15, 0.2) is 5.78 Å². The smallest absolute Gasteiger partial charge is 0.171 e. The number of allylic oxidation sites excluding steroid dienone is 4. The van der Waals surface area contributed by atoms with Gasteiger partial charge in [-0.15, -0.1) is 0 Å². The maximum atomic E-state index is 12.6. The van der Waals surface area contributed by atoms with Crippen LogP contribution in [0.25, 0.3) is 0 Å². The zero-order chi connectivity index (χ0) is 13.8. The van der Waals surface area contributed by atoms with Crippen molar-refractivity contribution in [1.29, 1.82) is 0 Å². The predicted molar refractivity (Wildman–Crippen MR) is 85.0 cm³/mol. The topological polar surface area (TPSA) is 17.1 Å². The SMILES string of the molecule is C/C=C\C1C(=O)c2ccc(C)cc2PC1/C=C\CC. The molecule has 1 aliphatic rings. The summed E-state index contributed by atoms with van der Waals surface area (Å²) >= 11 is 0. The van der Waals surface area contributed by atoms with E-state index in [4.69, 9.17) is 0 Å². The molecule has 2 heteroatoms. The van der Waals surface area contributed by atoms with Gasteiger partial charge in [0.25, 0.3) is 0 Å². The van der Waals surface area contributed by atoms with Crippen LogP contribution >= 0.6 is 8.58 Å². The highest BCUT2D eigenvalue weighted by molar-refractivity contribution is 7.48. The highest BCUT2D eigenvalue weighted by Crippen LogP contribution is 2.36. The van der Waals surface area contributed by atoms with Crippen molar-refractivity contribution < 1.29 is 4.79 Å². The maximum absolute atomic E-state index is 12.6. The molecule has 19 heavy (non-hydrogen) atoms. The molecule has 0 saturated heterocycles. The molecule has 1 aliphatic heterocycles. The average Bonchev–Trinajstić information content (AvgIpc) is 2.40. The van der Waals surface area contributed by atoms with Crippen LogP contribution in [0.2, 0.25) is 0 Å².